The van der Waals surface area contributed by atoms with Crippen molar-refractivity contribution >= 4 is 11.6 Å². The third-order valence-electron chi connectivity index (χ3n) is 9.10. The lowest BCUT2D eigenvalue weighted by Gasteiger charge is -2.53. The number of phenolic OH excluding ortho intramolecular Hbond substituents is 1. The molecule has 1 N–H and O–H groups in total. The summed E-state index contributed by atoms with van der Waals surface area (Å²) in [5, 5.41) is 10.8. The van der Waals surface area contributed by atoms with Gasteiger partial charge in [-0.25, -0.2) is 0 Å². The first-order valence-corrected chi connectivity index (χ1v) is 12.2. The third kappa shape index (κ3) is 2.31. The topological polar surface area (TPSA) is 82.1 Å². The van der Waals surface area contributed by atoms with E-state index in [-0.39, 0.29) is 46.6 Å². The van der Waals surface area contributed by atoms with Crippen LogP contribution in [0.25, 0.3) is 0 Å². The molecule has 4 bridgehead atoms. The van der Waals surface area contributed by atoms with Crippen molar-refractivity contribution in [1.29, 1.82) is 0 Å². The van der Waals surface area contributed by atoms with E-state index in [1.165, 1.54) is 6.07 Å². The van der Waals surface area contributed by atoms with Gasteiger partial charge < -0.3 is 19.3 Å². The Balaban J connectivity index is 1.60. The van der Waals surface area contributed by atoms with E-state index in [0.717, 1.165) is 11.1 Å². The first kappa shape index (κ1) is 21.9. The molecule has 6 heteroatoms. The molecule has 6 aliphatic rings. The van der Waals surface area contributed by atoms with E-state index in [4.69, 9.17) is 14.2 Å². The van der Waals surface area contributed by atoms with E-state index in [2.05, 4.69) is 0 Å². The molecule has 3 aliphatic heterocycles. The minimum absolute atomic E-state index is 0.0300. The maximum atomic E-state index is 14.4. The summed E-state index contributed by atoms with van der Waals surface area (Å²) in [4.78, 5) is 28.3. The second-order valence-corrected chi connectivity index (χ2v) is 12.0. The Bertz CT molecular complexity index is 1250. The van der Waals surface area contributed by atoms with Gasteiger partial charge in [0.05, 0.1) is 5.60 Å². The lowest BCUT2D eigenvalue weighted by Crippen LogP contribution is -2.68. The SMILES string of the molecule is CC(C)=CC[C@@]12OC(C)(C)[C@@H]3C[C@]4(Oc5c(c(O)cc6c5C(C)(C)[C@H](C)O6)C(=O)C4=C[C@@H]31)C2=O. The van der Waals surface area contributed by atoms with Crippen LogP contribution >= 0.6 is 0 Å². The predicted octanol–water partition coefficient (Wildman–Crippen LogP) is 4.81. The molecule has 0 amide bonds. The maximum absolute atomic E-state index is 14.4. The average molecular weight is 465 g/mol. The summed E-state index contributed by atoms with van der Waals surface area (Å²) < 4.78 is 19.4. The molecule has 1 aromatic rings. The number of Topliss-reactive ketones (excluding diaryl/α,β-unsaturated/α-hetero) is 2. The summed E-state index contributed by atoms with van der Waals surface area (Å²) in [6, 6.07) is 1.51. The van der Waals surface area contributed by atoms with Gasteiger partial charge >= 0.3 is 0 Å². The highest BCUT2D eigenvalue weighted by atomic mass is 16.6. The Kier molecular flexibility index (Phi) is 3.96. The van der Waals surface area contributed by atoms with Crippen molar-refractivity contribution in [1.82, 2.24) is 0 Å². The molecule has 3 heterocycles. The van der Waals surface area contributed by atoms with Crippen molar-refractivity contribution in [3.05, 3.63) is 40.5 Å². The number of carbonyl (C=O) groups is 2. The van der Waals surface area contributed by atoms with E-state index < -0.39 is 22.2 Å². The number of fused-ring (bicyclic) bond motifs is 3. The minimum atomic E-state index is -1.42. The predicted molar refractivity (Wildman–Crippen MR) is 126 cm³/mol. The molecule has 1 aromatic carbocycles. The highest BCUT2D eigenvalue weighted by molar-refractivity contribution is 6.21. The van der Waals surface area contributed by atoms with Crippen LogP contribution in [-0.2, 0) is 14.9 Å². The van der Waals surface area contributed by atoms with Gasteiger partial charge in [-0.2, -0.15) is 0 Å². The maximum Gasteiger partial charge on any atom is 0.213 e. The molecule has 0 radical (unpaired) electrons. The summed E-state index contributed by atoms with van der Waals surface area (Å²) in [7, 11) is 0. The fourth-order valence-corrected chi connectivity index (χ4v) is 7.01. The second kappa shape index (κ2) is 6.14. The molecule has 0 unspecified atom stereocenters. The Morgan fingerprint density at radius 3 is 2.59 bits per heavy atom. The molecule has 7 rings (SSSR count). The zero-order chi connectivity index (χ0) is 24.6. The monoisotopic (exact) mass is 464 g/mol. The van der Waals surface area contributed by atoms with Gasteiger partial charge in [0.1, 0.15) is 34.5 Å². The van der Waals surface area contributed by atoms with Gasteiger partial charge in [0.15, 0.2) is 5.60 Å². The second-order valence-electron chi connectivity index (χ2n) is 12.0. The van der Waals surface area contributed by atoms with Crippen LogP contribution < -0.4 is 9.47 Å². The lowest BCUT2D eigenvalue weighted by atomic mass is 9.53. The standard InChI is InChI=1S/C28H32O6/c1-13(2)8-9-27-15-10-16-22(30)20-18(29)11-19-21(25(4,5)14(3)32-19)23(20)33-28(16,24(27)31)12-17(15)26(6,7)34-27/h8,10-11,14-15,17,29H,9,12H2,1-7H3/t14-,15-,17+,27+,28+/m0/s1. The average Bonchev–Trinajstić information content (AvgIpc) is 3.08. The van der Waals surface area contributed by atoms with Crippen LogP contribution in [0.3, 0.4) is 0 Å². The summed E-state index contributed by atoms with van der Waals surface area (Å²) in [6.07, 6.45) is 4.62. The van der Waals surface area contributed by atoms with Crippen LogP contribution in [-0.4, -0.2) is 39.6 Å². The molecule has 1 saturated carbocycles. The van der Waals surface area contributed by atoms with Crippen molar-refractivity contribution in [2.24, 2.45) is 11.8 Å². The highest BCUT2D eigenvalue weighted by Crippen LogP contribution is 2.66. The van der Waals surface area contributed by atoms with Crippen LogP contribution in [0, 0.1) is 11.8 Å². The van der Waals surface area contributed by atoms with Crippen LogP contribution in [0.1, 0.15) is 77.2 Å². The molecule has 1 spiro atoms. The Hall–Kier alpha value is -2.60. The molecule has 34 heavy (non-hydrogen) atoms. The molecular formula is C28H32O6. The largest absolute Gasteiger partial charge is 0.507 e. The quantitative estimate of drug-likeness (QED) is 0.633. The van der Waals surface area contributed by atoms with Crippen LogP contribution in [0.2, 0.25) is 0 Å². The van der Waals surface area contributed by atoms with Crippen LogP contribution in [0.5, 0.6) is 17.2 Å². The van der Waals surface area contributed by atoms with Crippen molar-refractivity contribution in [3.63, 3.8) is 0 Å². The zero-order valence-electron chi connectivity index (χ0n) is 20.9. The van der Waals surface area contributed by atoms with Crippen molar-refractivity contribution < 1.29 is 28.9 Å². The Morgan fingerprint density at radius 2 is 1.91 bits per heavy atom. The number of aromatic hydroxyl groups is 1. The summed E-state index contributed by atoms with van der Waals surface area (Å²) in [5.41, 5.74) is -1.16. The fourth-order valence-electron chi connectivity index (χ4n) is 7.01. The summed E-state index contributed by atoms with van der Waals surface area (Å²) in [6.45, 7) is 14.1. The van der Waals surface area contributed by atoms with Gasteiger partial charge in [0, 0.05) is 47.3 Å². The molecule has 1 saturated heterocycles. The lowest BCUT2D eigenvalue weighted by molar-refractivity contribution is -0.166. The normalized spacial score (nSPS) is 37.3. The number of hydrogen-bond donors (Lipinski definition) is 1. The molecule has 3 aliphatic carbocycles. The first-order chi connectivity index (χ1) is 15.8. The highest BCUT2D eigenvalue weighted by Gasteiger charge is 2.76. The number of hydrogen-bond acceptors (Lipinski definition) is 6. The van der Waals surface area contributed by atoms with Crippen molar-refractivity contribution in [2.75, 3.05) is 0 Å². The molecule has 0 aromatic heterocycles. The smallest absolute Gasteiger partial charge is 0.213 e. The number of benzene rings is 1. The Morgan fingerprint density at radius 1 is 1.21 bits per heavy atom. The molecule has 5 atom stereocenters. The van der Waals surface area contributed by atoms with Gasteiger partial charge in [0.25, 0.3) is 0 Å². The zero-order valence-corrected chi connectivity index (χ0v) is 20.9. The number of rotatable bonds is 2. The van der Waals surface area contributed by atoms with Crippen molar-refractivity contribution in [3.8, 4) is 17.2 Å². The molecular weight excluding hydrogens is 432 g/mol. The summed E-state index contributed by atoms with van der Waals surface area (Å²) >= 11 is 0. The van der Waals surface area contributed by atoms with Crippen molar-refractivity contribution in [2.45, 2.75) is 89.6 Å². The Labute approximate surface area is 200 Å². The van der Waals surface area contributed by atoms with Gasteiger partial charge in [-0.1, -0.05) is 31.6 Å². The van der Waals surface area contributed by atoms with E-state index >= 15 is 0 Å². The van der Waals surface area contributed by atoms with E-state index in [0.29, 0.717) is 24.2 Å². The molecule has 2 fully saturated rings. The number of ether oxygens (including phenoxy) is 3. The minimum Gasteiger partial charge on any atom is -0.507 e. The number of phenols is 1. The van der Waals surface area contributed by atoms with Crippen LogP contribution in [0.15, 0.2) is 29.4 Å². The van der Waals surface area contributed by atoms with Gasteiger partial charge in [-0.15, -0.1) is 0 Å². The van der Waals surface area contributed by atoms with Gasteiger partial charge in [0.2, 0.25) is 11.6 Å². The van der Waals surface area contributed by atoms with Crippen LogP contribution in [0.4, 0.5) is 0 Å². The van der Waals surface area contributed by atoms with E-state index in [9.17, 15) is 14.7 Å². The summed E-state index contributed by atoms with van der Waals surface area (Å²) in [5.74, 6) is -0.0785. The molecule has 6 nitrogen and oxygen atoms in total. The third-order valence-corrected chi connectivity index (χ3v) is 9.10. The molecule has 180 valence electrons. The van der Waals surface area contributed by atoms with E-state index in [1.54, 1.807) is 0 Å². The van der Waals surface area contributed by atoms with E-state index in [1.807, 2.05) is 60.6 Å². The number of carbonyl (C=O) groups excluding carboxylic acids is 2. The first-order valence-electron chi connectivity index (χ1n) is 12.2. The number of allylic oxidation sites excluding steroid dienone is 1. The number of ketones is 2. The van der Waals surface area contributed by atoms with Gasteiger partial charge in [-0.05, 0) is 34.6 Å². The van der Waals surface area contributed by atoms with Gasteiger partial charge in [-0.3, -0.25) is 9.59 Å². The fraction of sp³-hybridized carbons (Fsp3) is 0.571.